The zero-order valence-corrected chi connectivity index (χ0v) is 15.8. The van der Waals surface area contributed by atoms with Gasteiger partial charge >= 0.3 is 0 Å². The summed E-state index contributed by atoms with van der Waals surface area (Å²) in [5, 5.41) is 29.2. The van der Waals surface area contributed by atoms with E-state index >= 15 is 0 Å². The van der Waals surface area contributed by atoms with E-state index < -0.39 is 40.7 Å². The Morgan fingerprint density at radius 1 is 1.34 bits per heavy atom. The monoisotopic (exact) mass is 417 g/mol. The third kappa shape index (κ3) is 3.92. The number of nitrogens with zero attached hydrogens (tertiary/aromatic N) is 3. The number of aliphatic hydroxyl groups is 2. The van der Waals surface area contributed by atoms with E-state index in [0.717, 1.165) is 10.4 Å². The van der Waals surface area contributed by atoms with Gasteiger partial charge in [-0.3, -0.25) is 0 Å². The summed E-state index contributed by atoms with van der Waals surface area (Å²) in [6.07, 6.45) is -1.17. The average molecular weight is 417 g/mol. The minimum absolute atomic E-state index is 0.00982. The quantitative estimate of drug-likeness (QED) is 0.711. The average Bonchev–Trinajstić information content (AvgIpc) is 3.06. The third-order valence-corrected chi connectivity index (χ3v) is 6.46. The molecule has 1 aliphatic heterocycles. The summed E-state index contributed by atoms with van der Waals surface area (Å²) in [7, 11) is -4.03. The van der Waals surface area contributed by atoms with Gasteiger partial charge in [-0.1, -0.05) is 0 Å². The van der Waals surface area contributed by atoms with Crippen LogP contribution in [0.2, 0.25) is 0 Å². The van der Waals surface area contributed by atoms with Crippen molar-refractivity contribution in [1.29, 1.82) is 5.26 Å². The largest absolute Gasteiger partial charge is 0.486 e. The van der Waals surface area contributed by atoms with Crippen LogP contribution in [0.3, 0.4) is 0 Å². The number of rotatable bonds is 5. The van der Waals surface area contributed by atoms with Crippen molar-refractivity contribution in [3.8, 4) is 11.8 Å². The van der Waals surface area contributed by atoms with Crippen molar-refractivity contribution >= 4 is 15.7 Å². The van der Waals surface area contributed by atoms with Gasteiger partial charge in [-0.05, 0) is 36.4 Å². The van der Waals surface area contributed by atoms with Gasteiger partial charge in [0.2, 0.25) is 15.7 Å². The second kappa shape index (κ2) is 7.78. The molecule has 0 saturated carbocycles. The van der Waals surface area contributed by atoms with E-state index in [1.165, 1.54) is 36.4 Å². The number of benzene rings is 2. The van der Waals surface area contributed by atoms with Crippen molar-refractivity contribution in [3.05, 3.63) is 65.3 Å². The SMILES string of the molecule is [C-]#[N+]c1ccc(O[C@H]2CN(S(=O)(=O)c3ccc(C#N)cc3)C[C@@]2(O)CO)cc1F. The van der Waals surface area contributed by atoms with Crippen molar-refractivity contribution in [1.82, 2.24) is 4.31 Å². The lowest BCUT2D eigenvalue weighted by Gasteiger charge is -2.27. The number of hydrogen-bond acceptors (Lipinski definition) is 6. The number of sulfonamides is 1. The fourth-order valence-electron chi connectivity index (χ4n) is 2.97. The summed E-state index contributed by atoms with van der Waals surface area (Å²) in [5.74, 6) is -0.825. The standard InChI is InChI=1S/C19H16FN3O5S/c1-22-17-7-4-14(8-16(17)20)28-18-10-23(11-19(18,25)12-24)29(26,27)15-5-2-13(9-21)3-6-15/h2-8,18,24-25H,10-12H2/t18-,19+/m0/s1. The van der Waals surface area contributed by atoms with Crippen molar-refractivity contribution < 1.29 is 27.8 Å². The highest BCUT2D eigenvalue weighted by Crippen LogP contribution is 2.32. The third-order valence-electron chi connectivity index (χ3n) is 4.63. The van der Waals surface area contributed by atoms with Gasteiger partial charge in [0.05, 0.1) is 36.3 Å². The molecule has 0 aliphatic carbocycles. The Bertz CT molecular complexity index is 1110. The van der Waals surface area contributed by atoms with Gasteiger partial charge in [0.1, 0.15) is 23.3 Å². The lowest BCUT2D eigenvalue weighted by Crippen LogP contribution is -2.48. The van der Waals surface area contributed by atoms with Crippen LogP contribution >= 0.6 is 0 Å². The highest BCUT2D eigenvalue weighted by atomic mass is 32.2. The summed E-state index contributed by atoms with van der Waals surface area (Å²) < 4.78 is 46.1. The first kappa shape index (κ1) is 20.7. The van der Waals surface area contributed by atoms with Crippen LogP contribution in [0.4, 0.5) is 10.1 Å². The molecular formula is C19H16FN3O5S. The molecule has 3 rings (SSSR count). The molecule has 1 heterocycles. The first-order valence-electron chi connectivity index (χ1n) is 8.41. The molecule has 0 spiro atoms. The molecule has 2 atom stereocenters. The van der Waals surface area contributed by atoms with Crippen LogP contribution in [0.5, 0.6) is 5.75 Å². The van der Waals surface area contributed by atoms with E-state index in [-0.39, 0.29) is 22.9 Å². The van der Waals surface area contributed by atoms with Crippen molar-refractivity contribution in [3.63, 3.8) is 0 Å². The van der Waals surface area contributed by atoms with Gasteiger partial charge in [0, 0.05) is 12.6 Å². The zero-order chi connectivity index (χ0) is 21.2. The maximum Gasteiger partial charge on any atom is 0.243 e. The van der Waals surface area contributed by atoms with Gasteiger partial charge in [-0.2, -0.15) is 9.57 Å². The lowest BCUT2D eigenvalue weighted by atomic mass is 10.0. The molecule has 0 radical (unpaired) electrons. The molecule has 2 aromatic rings. The molecule has 10 heteroatoms. The molecule has 1 fully saturated rings. The minimum atomic E-state index is -4.03. The van der Waals surface area contributed by atoms with Gasteiger partial charge in [-0.25, -0.2) is 17.7 Å². The Balaban J connectivity index is 1.86. The number of aliphatic hydroxyl groups excluding tert-OH is 1. The number of ether oxygens (including phenoxy) is 1. The second-order valence-electron chi connectivity index (χ2n) is 6.53. The smallest absolute Gasteiger partial charge is 0.243 e. The molecule has 2 N–H and O–H groups in total. The highest BCUT2D eigenvalue weighted by Gasteiger charge is 2.50. The summed E-state index contributed by atoms with van der Waals surface area (Å²) in [6.45, 7) is 5.36. The topological polar surface area (TPSA) is 115 Å². The van der Waals surface area contributed by atoms with Crippen LogP contribution in [-0.2, 0) is 10.0 Å². The molecule has 8 nitrogen and oxygen atoms in total. The van der Waals surface area contributed by atoms with Crippen LogP contribution in [0.15, 0.2) is 47.4 Å². The fourth-order valence-corrected chi connectivity index (χ4v) is 4.48. The lowest BCUT2D eigenvalue weighted by molar-refractivity contribution is -0.0641. The number of hydrogen-bond donors (Lipinski definition) is 2. The molecule has 0 aromatic heterocycles. The Hall–Kier alpha value is -3.02. The molecular weight excluding hydrogens is 401 g/mol. The maximum atomic E-state index is 13.8. The van der Waals surface area contributed by atoms with Gasteiger partial charge in [0.15, 0.2) is 0 Å². The Labute approximate surface area is 166 Å². The van der Waals surface area contributed by atoms with E-state index in [4.69, 9.17) is 16.6 Å². The Kier molecular flexibility index (Phi) is 5.55. The summed E-state index contributed by atoms with van der Waals surface area (Å²) in [6, 6.07) is 10.7. The molecule has 1 aliphatic rings. The molecule has 0 unspecified atom stereocenters. The van der Waals surface area contributed by atoms with Crippen LogP contribution in [0, 0.1) is 23.7 Å². The van der Waals surface area contributed by atoms with Crippen molar-refractivity contribution in [2.75, 3.05) is 19.7 Å². The van der Waals surface area contributed by atoms with Gasteiger partial charge in [0.25, 0.3) is 0 Å². The van der Waals surface area contributed by atoms with Crippen LogP contribution in [0.25, 0.3) is 4.85 Å². The van der Waals surface area contributed by atoms with E-state index in [0.29, 0.717) is 5.56 Å². The Morgan fingerprint density at radius 3 is 2.59 bits per heavy atom. The second-order valence-corrected chi connectivity index (χ2v) is 8.46. The predicted molar refractivity (Wildman–Crippen MR) is 99.0 cm³/mol. The van der Waals surface area contributed by atoms with E-state index in [1.54, 1.807) is 0 Å². The number of halogens is 1. The predicted octanol–water partition coefficient (Wildman–Crippen LogP) is 1.42. The first-order valence-corrected chi connectivity index (χ1v) is 9.85. The van der Waals surface area contributed by atoms with Crippen LogP contribution < -0.4 is 4.74 Å². The van der Waals surface area contributed by atoms with Gasteiger partial charge < -0.3 is 14.9 Å². The summed E-state index contributed by atoms with van der Waals surface area (Å²) >= 11 is 0. The summed E-state index contributed by atoms with van der Waals surface area (Å²) in [5.41, 5.74) is -1.82. The fraction of sp³-hybridized carbons (Fsp3) is 0.263. The maximum absolute atomic E-state index is 13.8. The molecule has 150 valence electrons. The zero-order valence-electron chi connectivity index (χ0n) is 15.0. The molecule has 2 aromatic carbocycles. The van der Waals surface area contributed by atoms with Crippen LogP contribution in [0.1, 0.15) is 5.56 Å². The minimum Gasteiger partial charge on any atom is -0.486 e. The van der Waals surface area contributed by atoms with E-state index in [2.05, 4.69) is 4.85 Å². The molecule has 29 heavy (non-hydrogen) atoms. The normalized spacial score (nSPS) is 22.0. The van der Waals surface area contributed by atoms with Gasteiger partial charge in [-0.15, -0.1) is 0 Å². The number of nitriles is 1. The van der Waals surface area contributed by atoms with Crippen molar-refractivity contribution in [2.24, 2.45) is 0 Å². The first-order chi connectivity index (χ1) is 13.7. The molecule has 0 amide bonds. The molecule has 0 bridgehead atoms. The number of β-amino-alcohol motifs (C(OH)–C–C–N with tert-alkyl or cyclic N) is 1. The molecule has 1 saturated heterocycles. The summed E-state index contributed by atoms with van der Waals surface area (Å²) in [4.78, 5) is 2.92. The van der Waals surface area contributed by atoms with Crippen molar-refractivity contribution in [2.45, 2.75) is 16.6 Å². The Morgan fingerprint density at radius 2 is 2.03 bits per heavy atom. The highest BCUT2D eigenvalue weighted by molar-refractivity contribution is 7.89. The van der Waals surface area contributed by atoms with E-state index in [1.807, 2.05) is 6.07 Å². The van der Waals surface area contributed by atoms with E-state index in [9.17, 15) is 23.0 Å². The van der Waals surface area contributed by atoms with Crippen LogP contribution in [-0.4, -0.2) is 54.3 Å².